The highest BCUT2D eigenvalue weighted by molar-refractivity contribution is 5.76. The number of aliphatic hydroxyl groups excluding tert-OH is 2. The molecular formula is C49H91NO5. The monoisotopic (exact) mass is 774 g/mol. The molecular weight excluding hydrogens is 683 g/mol. The summed E-state index contributed by atoms with van der Waals surface area (Å²) in [6, 6.07) is -0.639. The molecule has 322 valence electrons. The predicted molar refractivity (Wildman–Crippen MR) is 236 cm³/mol. The van der Waals surface area contributed by atoms with Crippen molar-refractivity contribution < 1.29 is 24.5 Å². The molecule has 0 aliphatic rings. The highest BCUT2D eigenvalue weighted by Crippen LogP contribution is 2.15. The van der Waals surface area contributed by atoms with E-state index in [9.17, 15) is 19.8 Å². The Morgan fingerprint density at radius 3 is 1.45 bits per heavy atom. The Balaban J connectivity index is 3.52. The fraction of sp³-hybridized carbons (Fsp3) is 0.837. The molecule has 0 saturated heterocycles. The number of amides is 1. The first-order valence-electron chi connectivity index (χ1n) is 23.8. The molecule has 0 spiro atoms. The van der Waals surface area contributed by atoms with Gasteiger partial charge in [0, 0.05) is 12.8 Å². The van der Waals surface area contributed by atoms with Gasteiger partial charge in [-0.15, -0.1) is 0 Å². The van der Waals surface area contributed by atoms with Gasteiger partial charge in [-0.1, -0.05) is 204 Å². The molecule has 0 aliphatic heterocycles. The molecule has 0 aromatic heterocycles. The van der Waals surface area contributed by atoms with Crippen molar-refractivity contribution in [1.82, 2.24) is 5.32 Å². The lowest BCUT2D eigenvalue weighted by molar-refractivity contribution is -0.143. The molecule has 6 nitrogen and oxygen atoms in total. The molecule has 2 unspecified atom stereocenters. The smallest absolute Gasteiger partial charge is 0.305 e. The molecule has 0 saturated carbocycles. The minimum atomic E-state index is -0.854. The quantitative estimate of drug-likeness (QED) is 0.0326. The lowest BCUT2D eigenvalue weighted by atomic mass is 10.0. The first-order valence-corrected chi connectivity index (χ1v) is 23.8. The summed E-state index contributed by atoms with van der Waals surface area (Å²) in [6.45, 7) is 4.78. The van der Waals surface area contributed by atoms with Gasteiger partial charge in [-0.2, -0.15) is 0 Å². The lowest BCUT2D eigenvalue weighted by Gasteiger charge is -2.20. The normalized spacial score (nSPS) is 13.0. The van der Waals surface area contributed by atoms with Gasteiger partial charge in [-0.3, -0.25) is 9.59 Å². The van der Waals surface area contributed by atoms with Gasteiger partial charge < -0.3 is 20.3 Å². The minimum Gasteiger partial charge on any atom is -0.466 e. The molecule has 0 bridgehead atoms. The Hall–Kier alpha value is -1.92. The second-order valence-electron chi connectivity index (χ2n) is 16.1. The van der Waals surface area contributed by atoms with Crippen molar-refractivity contribution >= 4 is 11.9 Å². The second-order valence-corrected chi connectivity index (χ2v) is 16.1. The van der Waals surface area contributed by atoms with Crippen molar-refractivity contribution in [2.24, 2.45) is 0 Å². The molecule has 0 heterocycles. The van der Waals surface area contributed by atoms with E-state index < -0.39 is 12.1 Å². The summed E-state index contributed by atoms with van der Waals surface area (Å²) >= 11 is 0. The second kappa shape index (κ2) is 44.8. The Morgan fingerprint density at radius 2 is 0.945 bits per heavy atom. The zero-order valence-electron chi connectivity index (χ0n) is 36.4. The standard InChI is InChI=1S/C49H91NO5/c1-3-5-7-9-11-13-15-17-21-25-29-33-37-41-47(52)46(45-51)50-48(53)42-38-34-30-26-22-19-20-24-28-32-36-40-44-55-49(54)43-39-35-31-27-23-18-16-14-12-10-8-6-4-2/h8,10,14,16,37,41,46-47,51-52H,3-7,9,11-13,15,17-36,38-40,42-45H2,1-2H3,(H,50,53)/b10-8-,16-14-,41-37+. The summed E-state index contributed by atoms with van der Waals surface area (Å²) in [5, 5.41) is 23.0. The van der Waals surface area contributed by atoms with E-state index in [2.05, 4.69) is 43.5 Å². The average Bonchev–Trinajstić information content (AvgIpc) is 3.18. The van der Waals surface area contributed by atoms with Crippen LogP contribution < -0.4 is 5.32 Å². The van der Waals surface area contributed by atoms with Crippen LogP contribution in [0.5, 0.6) is 0 Å². The molecule has 55 heavy (non-hydrogen) atoms. The summed E-state index contributed by atoms with van der Waals surface area (Å²) in [5.74, 6) is -0.113. The van der Waals surface area contributed by atoms with Crippen LogP contribution in [0.1, 0.15) is 239 Å². The van der Waals surface area contributed by atoms with Gasteiger partial charge in [0.25, 0.3) is 0 Å². The SMILES string of the molecule is CCC/C=C\C/C=C\CCCCCCCC(=O)OCCCCCCCCCCCCCCC(=O)NC(CO)C(O)/C=C/CCCCCCCCCCCCC. The van der Waals surface area contributed by atoms with E-state index in [1.807, 2.05) is 6.08 Å². The largest absolute Gasteiger partial charge is 0.466 e. The van der Waals surface area contributed by atoms with Crippen molar-refractivity contribution in [3.05, 3.63) is 36.5 Å². The van der Waals surface area contributed by atoms with Gasteiger partial charge in [-0.05, 0) is 57.8 Å². The Labute approximate surface area is 341 Å². The molecule has 0 aromatic carbocycles. The molecule has 3 N–H and O–H groups in total. The average molecular weight is 774 g/mol. The lowest BCUT2D eigenvalue weighted by Crippen LogP contribution is -2.45. The van der Waals surface area contributed by atoms with Crippen molar-refractivity contribution in [3.8, 4) is 0 Å². The number of carbonyl (C=O) groups is 2. The molecule has 2 atom stereocenters. The molecule has 0 aromatic rings. The number of esters is 1. The Kier molecular flexibility index (Phi) is 43.2. The number of rotatable bonds is 43. The van der Waals surface area contributed by atoms with Crippen LogP contribution in [0.25, 0.3) is 0 Å². The third kappa shape index (κ3) is 41.5. The summed E-state index contributed by atoms with van der Waals surface area (Å²) in [6.07, 6.45) is 52.7. The molecule has 1 amide bonds. The Morgan fingerprint density at radius 1 is 0.509 bits per heavy atom. The number of hydrogen-bond acceptors (Lipinski definition) is 5. The van der Waals surface area contributed by atoms with Gasteiger partial charge in [0.05, 0.1) is 25.4 Å². The maximum absolute atomic E-state index is 12.4. The van der Waals surface area contributed by atoms with Gasteiger partial charge in [-0.25, -0.2) is 0 Å². The van der Waals surface area contributed by atoms with Gasteiger partial charge >= 0.3 is 5.97 Å². The topological polar surface area (TPSA) is 95.9 Å². The van der Waals surface area contributed by atoms with Crippen molar-refractivity contribution in [2.75, 3.05) is 13.2 Å². The number of hydrogen-bond donors (Lipinski definition) is 3. The number of nitrogens with one attached hydrogen (secondary N) is 1. The van der Waals surface area contributed by atoms with Crippen LogP contribution in [0.2, 0.25) is 0 Å². The first kappa shape index (κ1) is 53.1. The summed E-state index contributed by atoms with van der Waals surface area (Å²) < 4.78 is 5.44. The third-order valence-electron chi connectivity index (χ3n) is 10.6. The van der Waals surface area contributed by atoms with E-state index >= 15 is 0 Å². The fourth-order valence-electron chi connectivity index (χ4n) is 6.96. The minimum absolute atomic E-state index is 0.0271. The number of ether oxygens (including phenoxy) is 1. The van der Waals surface area contributed by atoms with E-state index in [-0.39, 0.29) is 18.5 Å². The van der Waals surface area contributed by atoms with E-state index in [1.54, 1.807) is 6.08 Å². The summed E-state index contributed by atoms with van der Waals surface area (Å²) in [7, 11) is 0. The van der Waals surface area contributed by atoms with Crippen molar-refractivity contribution in [2.45, 2.75) is 251 Å². The molecule has 0 rings (SSSR count). The zero-order valence-corrected chi connectivity index (χ0v) is 36.4. The number of aliphatic hydroxyl groups is 2. The molecule has 0 aliphatic carbocycles. The van der Waals surface area contributed by atoms with E-state index in [0.717, 1.165) is 70.6 Å². The maximum Gasteiger partial charge on any atom is 0.305 e. The number of carbonyl (C=O) groups excluding carboxylic acids is 2. The number of unbranched alkanes of at least 4 members (excludes halogenated alkanes) is 28. The fourth-order valence-corrected chi connectivity index (χ4v) is 6.96. The van der Waals surface area contributed by atoms with E-state index in [4.69, 9.17) is 4.74 Å². The van der Waals surface area contributed by atoms with Gasteiger partial charge in [0.2, 0.25) is 5.91 Å². The molecule has 6 heteroatoms. The highest BCUT2D eigenvalue weighted by Gasteiger charge is 2.18. The van der Waals surface area contributed by atoms with Crippen LogP contribution in [-0.2, 0) is 14.3 Å². The van der Waals surface area contributed by atoms with E-state index in [1.165, 1.54) is 141 Å². The maximum atomic E-state index is 12.4. The van der Waals surface area contributed by atoms with Gasteiger partial charge in [0.15, 0.2) is 0 Å². The zero-order chi connectivity index (χ0) is 40.1. The highest BCUT2D eigenvalue weighted by atomic mass is 16.5. The van der Waals surface area contributed by atoms with Crippen LogP contribution in [0.4, 0.5) is 0 Å². The van der Waals surface area contributed by atoms with Crippen molar-refractivity contribution in [1.29, 1.82) is 0 Å². The van der Waals surface area contributed by atoms with E-state index in [0.29, 0.717) is 19.4 Å². The van der Waals surface area contributed by atoms with Gasteiger partial charge in [0.1, 0.15) is 0 Å². The molecule has 0 radical (unpaired) electrons. The first-order chi connectivity index (χ1) is 27.0. The number of allylic oxidation sites excluding steroid dienone is 5. The van der Waals surface area contributed by atoms with Crippen LogP contribution in [-0.4, -0.2) is 47.4 Å². The van der Waals surface area contributed by atoms with Crippen LogP contribution >= 0.6 is 0 Å². The van der Waals surface area contributed by atoms with Crippen molar-refractivity contribution in [3.63, 3.8) is 0 Å². The summed E-state index contributed by atoms with van der Waals surface area (Å²) in [5.41, 5.74) is 0. The van der Waals surface area contributed by atoms with Crippen LogP contribution in [0.15, 0.2) is 36.5 Å². The third-order valence-corrected chi connectivity index (χ3v) is 10.6. The van der Waals surface area contributed by atoms with Crippen LogP contribution in [0.3, 0.4) is 0 Å². The molecule has 0 fully saturated rings. The Bertz CT molecular complexity index is 900. The predicted octanol–water partition coefficient (Wildman–Crippen LogP) is 13.7. The summed E-state index contributed by atoms with van der Waals surface area (Å²) in [4.78, 5) is 24.4. The van der Waals surface area contributed by atoms with Crippen LogP contribution in [0, 0.1) is 0 Å².